The van der Waals surface area contributed by atoms with Gasteiger partial charge in [-0.25, -0.2) is 4.79 Å². The lowest BCUT2D eigenvalue weighted by Gasteiger charge is -2.09. The predicted octanol–water partition coefficient (Wildman–Crippen LogP) is 4.12. The van der Waals surface area contributed by atoms with Gasteiger partial charge in [0.15, 0.2) is 0 Å². The second-order valence-electron chi connectivity index (χ2n) is 4.56. The van der Waals surface area contributed by atoms with Crippen LogP contribution in [0.1, 0.15) is 11.1 Å². The number of benzene rings is 2. The molecule has 0 atom stereocenters. The van der Waals surface area contributed by atoms with E-state index >= 15 is 0 Å². The van der Waals surface area contributed by atoms with E-state index in [0.29, 0.717) is 6.54 Å². The summed E-state index contributed by atoms with van der Waals surface area (Å²) in [5.74, 6) is 0. The molecule has 2 amide bonds. The number of halogens is 1. The molecule has 0 aliphatic carbocycles. The highest BCUT2D eigenvalue weighted by atomic mass is 79.9. The van der Waals surface area contributed by atoms with E-state index in [2.05, 4.69) is 45.6 Å². The molecule has 4 heteroatoms. The molecular weight excluding hydrogens is 316 g/mol. The number of carbonyl (C=O) groups excluding carboxylic acids is 1. The Labute approximate surface area is 127 Å². The van der Waals surface area contributed by atoms with Crippen LogP contribution in [0.2, 0.25) is 0 Å². The number of hydrogen-bond acceptors (Lipinski definition) is 1. The van der Waals surface area contributed by atoms with E-state index in [4.69, 9.17) is 0 Å². The van der Waals surface area contributed by atoms with Gasteiger partial charge in [-0.15, -0.1) is 0 Å². The van der Waals surface area contributed by atoms with Gasteiger partial charge in [-0.3, -0.25) is 0 Å². The SMILES string of the molecule is Cc1ccccc1CCNC(=O)Nc1ccc(Br)cc1. The maximum Gasteiger partial charge on any atom is 0.319 e. The summed E-state index contributed by atoms with van der Waals surface area (Å²) in [5.41, 5.74) is 3.29. The van der Waals surface area contributed by atoms with Crippen molar-refractivity contribution in [2.45, 2.75) is 13.3 Å². The number of amides is 2. The molecule has 0 heterocycles. The highest BCUT2D eigenvalue weighted by Gasteiger charge is 2.02. The molecule has 0 aromatic heterocycles. The lowest BCUT2D eigenvalue weighted by Crippen LogP contribution is -2.30. The first-order chi connectivity index (χ1) is 9.65. The maximum absolute atomic E-state index is 11.7. The molecule has 3 nitrogen and oxygen atoms in total. The molecule has 0 bridgehead atoms. The van der Waals surface area contributed by atoms with Crippen LogP contribution in [0.15, 0.2) is 53.0 Å². The molecule has 0 fully saturated rings. The second-order valence-corrected chi connectivity index (χ2v) is 5.48. The lowest BCUT2D eigenvalue weighted by molar-refractivity contribution is 0.252. The van der Waals surface area contributed by atoms with Crippen molar-refractivity contribution in [3.8, 4) is 0 Å². The molecular formula is C16H17BrN2O. The Hall–Kier alpha value is -1.81. The number of aryl methyl sites for hydroxylation is 1. The molecule has 2 N–H and O–H groups in total. The van der Waals surface area contributed by atoms with Crippen LogP contribution in [0.3, 0.4) is 0 Å². The largest absolute Gasteiger partial charge is 0.338 e. The van der Waals surface area contributed by atoms with Gasteiger partial charge in [0, 0.05) is 16.7 Å². The zero-order chi connectivity index (χ0) is 14.4. The molecule has 2 aromatic rings. The first kappa shape index (κ1) is 14.6. The highest BCUT2D eigenvalue weighted by Crippen LogP contribution is 2.13. The Morgan fingerprint density at radius 1 is 1.10 bits per heavy atom. The third kappa shape index (κ3) is 4.38. The minimum absolute atomic E-state index is 0.180. The van der Waals surface area contributed by atoms with Crippen LogP contribution in [-0.4, -0.2) is 12.6 Å². The highest BCUT2D eigenvalue weighted by molar-refractivity contribution is 9.10. The van der Waals surface area contributed by atoms with Gasteiger partial charge < -0.3 is 10.6 Å². The minimum atomic E-state index is -0.180. The van der Waals surface area contributed by atoms with Crippen LogP contribution in [0.25, 0.3) is 0 Å². The van der Waals surface area contributed by atoms with E-state index in [9.17, 15) is 4.79 Å². The molecule has 104 valence electrons. The van der Waals surface area contributed by atoms with Crippen molar-refractivity contribution >= 4 is 27.6 Å². The number of nitrogens with one attached hydrogen (secondary N) is 2. The average molecular weight is 333 g/mol. The van der Waals surface area contributed by atoms with E-state index in [1.165, 1.54) is 11.1 Å². The van der Waals surface area contributed by atoms with E-state index in [1.54, 1.807) is 0 Å². The molecule has 2 rings (SSSR count). The molecule has 0 aliphatic rings. The molecule has 20 heavy (non-hydrogen) atoms. The van der Waals surface area contributed by atoms with E-state index in [-0.39, 0.29) is 6.03 Å². The van der Waals surface area contributed by atoms with Crippen molar-refractivity contribution in [2.75, 3.05) is 11.9 Å². The van der Waals surface area contributed by atoms with Crippen LogP contribution in [0, 0.1) is 6.92 Å². The van der Waals surface area contributed by atoms with Gasteiger partial charge in [0.2, 0.25) is 0 Å². The number of carbonyl (C=O) groups is 1. The van der Waals surface area contributed by atoms with Crippen LogP contribution < -0.4 is 10.6 Å². The second kappa shape index (κ2) is 7.10. The third-order valence-corrected chi connectivity index (χ3v) is 3.57. The summed E-state index contributed by atoms with van der Waals surface area (Å²) in [6.07, 6.45) is 0.834. The van der Waals surface area contributed by atoms with E-state index in [0.717, 1.165) is 16.6 Å². The smallest absolute Gasteiger partial charge is 0.319 e. The summed E-state index contributed by atoms with van der Waals surface area (Å²) in [5, 5.41) is 5.66. The van der Waals surface area contributed by atoms with Crippen molar-refractivity contribution in [1.29, 1.82) is 0 Å². The Kier molecular flexibility index (Phi) is 5.18. The zero-order valence-corrected chi connectivity index (χ0v) is 12.9. The minimum Gasteiger partial charge on any atom is -0.338 e. The molecule has 0 radical (unpaired) electrons. The molecule has 0 spiro atoms. The number of rotatable bonds is 4. The summed E-state index contributed by atoms with van der Waals surface area (Å²) in [7, 11) is 0. The quantitative estimate of drug-likeness (QED) is 0.868. The summed E-state index contributed by atoms with van der Waals surface area (Å²) in [6, 6.07) is 15.5. The van der Waals surface area contributed by atoms with Crippen molar-refractivity contribution in [1.82, 2.24) is 5.32 Å². The van der Waals surface area contributed by atoms with Gasteiger partial charge in [-0.05, 0) is 48.7 Å². The summed E-state index contributed by atoms with van der Waals surface area (Å²) in [4.78, 5) is 11.7. The maximum atomic E-state index is 11.7. The fourth-order valence-corrected chi connectivity index (χ4v) is 2.17. The van der Waals surface area contributed by atoms with Gasteiger partial charge in [0.1, 0.15) is 0 Å². The average Bonchev–Trinajstić information content (AvgIpc) is 2.43. The topological polar surface area (TPSA) is 41.1 Å². The fraction of sp³-hybridized carbons (Fsp3) is 0.188. The number of urea groups is 1. The van der Waals surface area contributed by atoms with Gasteiger partial charge >= 0.3 is 6.03 Å². The van der Waals surface area contributed by atoms with Gasteiger partial charge in [0.25, 0.3) is 0 Å². The normalized spacial score (nSPS) is 10.1. The summed E-state index contributed by atoms with van der Waals surface area (Å²) >= 11 is 3.36. The Morgan fingerprint density at radius 3 is 2.50 bits per heavy atom. The molecule has 0 unspecified atom stereocenters. The van der Waals surface area contributed by atoms with Crippen LogP contribution in [0.5, 0.6) is 0 Å². The first-order valence-corrected chi connectivity index (χ1v) is 7.29. The molecule has 0 aliphatic heterocycles. The molecule has 2 aromatic carbocycles. The van der Waals surface area contributed by atoms with Gasteiger partial charge in [0.05, 0.1) is 0 Å². The van der Waals surface area contributed by atoms with Crippen LogP contribution >= 0.6 is 15.9 Å². The summed E-state index contributed by atoms with van der Waals surface area (Å²) in [6.45, 7) is 2.70. The molecule has 0 saturated carbocycles. The monoisotopic (exact) mass is 332 g/mol. The third-order valence-electron chi connectivity index (χ3n) is 3.04. The lowest BCUT2D eigenvalue weighted by atomic mass is 10.1. The number of anilines is 1. The summed E-state index contributed by atoms with van der Waals surface area (Å²) < 4.78 is 0.989. The van der Waals surface area contributed by atoms with Gasteiger partial charge in [-0.2, -0.15) is 0 Å². The first-order valence-electron chi connectivity index (χ1n) is 6.50. The number of hydrogen-bond donors (Lipinski definition) is 2. The van der Waals surface area contributed by atoms with Crippen molar-refractivity contribution in [3.05, 3.63) is 64.1 Å². The van der Waals surface area contributed by atoms with E-state index < -0.39 is 0 Å². The Morgan fingerprint density at radius 2 is 1.80 bits per heavy atom. The zero-order valence-electron chi connectivity index (χ0n) is 11.3. The fourth-order valence-electron chi connectivity index (χ4n) is 1.91. The molecule has 0 saturated heterocycles. The van der Waals surface area contributed by atoms with Crippen molar-refractivity contribution in [3.63, 3.8) is 0 Å². The van der Waals surface area contributed by atoms with E-state index in [1.807, 2.05) is 36.4 Å². The van der Waals surface area contributed by atoms with Crippen LogP contribution in [-0.2, 0) is 6.42 Å². The van der Waals surface area contributed by atoms with Gasteiger partial charge in [-0.1, -0.05) is 40.2 Å². The van der Waals surface area contributed by atoms with Crippen molar-refractivity contribution in [2.24, 2.45) is 0 Å². The predicted molar refractivity (Wildman–Crippen MR) is 86.0 cm³/mol. The Balaban J connectivity index is 1.78. The Bertz CT molecular complexity index is 581. The standard InChI is InChI=1S/C16H17BrN2O/c1-12-4-2-3-5-13(12)10-11-18-16(20)19-15-8-6-14(17)7-9-15/h2-9H,10-11H2,1H3,(H2,18,19,20). The van der Waals surface area contributed by atoms with Crippen molar-refractivity contribution < 1.29 is 4.79 Å². The van der Waals surface area contributed by atoms with Crippen LogP contribution in [0.4, 0.5) is 10.5 Å².